The van der Waals surface area contributed by atoms with Crippen molar-refractivity contribution >= 4 is 16.9 Å². The number of piperazine rings is 1. The summed E-state index contributed by atoms with van der Waals surface area (Å²) in [6.07, 6.45) is 0. The lowest BCUT2D eigenvalue weighted by atomic mass is 10.1. The number of rotatable bonds is 3. The molecule has 0 saturated carbocycles. The molecule has 0 atom stereocenters. The molecule has 0 N–H and O–H groups in total. The molecule has 1 fully saturated rings. The minimum absolute atomic E-state index is 0.103. The van der Waals surface area contributed by atoms with Gasteiger partial charge in [-0.05, 0) is 25.8 Å². The molecule has 0 spiro atoms. The van der Waals surface area contributed by atoms with Crippen molar-refractivity contribution in [2.75, 3.05) is 32.7 Å². The van der Waals surface area contributed by atoms with Gasteiger partial charge in [0.15, 0.2) is 5.65 Å². The molecule has 6 nitrogen and oxygen atoms in total. The van der Waals surface area contributed by atoms with E-state index in [0.29, 0.717) is 5.92 Å². The second-order valence-electron chi connectivity index (χ2n) is 7.21. The van der Waals surface area contributed by atoms with Crippen molar-refractivity contribution in [1.29, 1.82) is 0 Å². The molecule has 3 rings (SSSR count). The van der Waals surface area contributed by atoms with Gasteiger partial charge in [-0.2, -0.15) is 5.10 Å². The maximum absolute atomic E-state index is 13.1. The molecule has 2 aromatic heterocycles. The van der Waals surface area contributed by atoms with Crippen LogP contribution in [0.25, 0.3) is 11.0 Å². The number of nitrogens with zero attached hydrogens (tertiary/aromatic N) is 5. The summed E-state index contributed by atoms with van der Waals surface area (Å²) in [6, 6.07) is 1.90. The van der Waals surface area contributed by atoms with Crippen LogP contribution in [0, 0.1) is 19.8 Å². The van der Waals surface area contributed by atoms with Crippen molar-refractivity contribution in [1.82, 2.24) is 24.6 Å². The molecule has 130 valence electrons. The highest BCUT2D eigenvalue weighted by Crippen LogP contribution is 2.23. The highest BCUT2D eigenvalue weighted by atomic mass is 16.2. The Labute approximate surface area is 143 Å². The van der Waals surface area contributed by atoms with Gasteiger partial charge in [-0.25, -0.2) is 4.98 Å². The topological polar surface area (TPSA) is 54.3 Å². The van der Waals surface area contributed by atoms with E-state index in [0.717, 1.165) is 60.7 Å². The molecule has 0 bridgehead atoms. The molecule has 0 aromatic carbocycles. The smallest absolute Gasteiger partial charge is 0.254 e. The van der Waals surface area contributed by atoms with E-state index in [9.17, 15) is 4.79 Å². The molecule has 1 aliphatic heterocycles. The molecule has 6 heteroatoms. The van der Waals surface area contributed by atoms with Crippen molar-refractivity contribution in [2.45, 2.75) is 27.7 Å². The molecule has 0 aliphatic carbocycles. The minimum atomic E-state index is 0.103. The van der Waals surface area contributed by atoms with E-state index in [4.69, 9.17) is 0 Å². The third-order valence-electron chi connectivity index (χ3n) is 4.61. The standard InChI is InChI=1S/C18H27N5O/c1-12(2)11-22-6-8-23(9-7-22)18(24)15-10-13(3)19-17-16(15)14(4)20-21(17)5/h10,12H,6-9,11H2,1-5H3. The molecular formula is C18H27N5O. The van der Waals surface area contributed by atoms with Crippen LogP contribution in [0.2, 0.25) is 0 Å². The second-order valence-corrected chi connectivity index (χ2v) is 7.21. The van der Waals surface area contributed by atoms with Gasteiger partial charge in [-0.3, -0.25) is 14.4 Å². The van der Waals surface area contributed by atoms with Crippen LogP contribution < -0.4 is 0 Å². The van der Waals surface area contributed by atoms with Crippen LogP contribution in [0.3, 0.4) is 0 Å². The van der Waals surface area contributed by atoms with Crippen LogP contribution in [0.4, 0.5) is 0 Å². The number of pyridine rings is 1. The zero-order valence-corrected chi connectivity index (χ0v) is 15.3. The SMILES string of the molecule is Cc1cc(C(=O)N2CCN(CC(C)C)CC2)c2c(C)nn(C)c2n1. The van der Waals surface area contributed by atoms with Crippen molar-refractivity contribution in [3.8, 4) is 0 Å². The molecule has 0 radical (unpaired) electrons. The number of aromatic nitrogens is 3. The lowest BCUT2D eigenvalue weighted by molar-refractivity contribution is 0.0625. The fraction of sp³-hybridized carbons (Fsp3) is 0.611. The molecule has 2 aromatic rings. The normalized spacial score (nSPS) is 16.3. The summed E-state index contributed by atoms with van der Waals surface area (Å²) in [6.45, 7) is 12.9. The van der Waals surface area contributed by atoms with Gasteiger partial charge in [0.05, 0.1) is 16.6 Å². The Morgan fingerprint density at radius 2 is 1.88 bits per heavy atom. The molecule has 24 heavy (non-hydrogen) atoms. The van der Waals surface area contributed by atoms with E-state index in [1.807, 2.05) is 31.9 Å². The maximum atomic E-state index is 13.1. The third-order valence-corrected chi connectivity index (χ3v) is 4.61. The zero-order valence-electron chi connectivity index (χ0n) is 15.3. The van der Waals surface area contributed by atoms with Crippen molar-refractivity contribution < 1.29 is 4.79 Å². The third kappa shape index (κ3) is 3.15. The van der Waals surface area contributed by atoms with Gasteiger partial charge in [0.1, 0.15) is 0 Å². The van der Waals surface area contributed by atoms with E-state index in [2.05, 4.69) is 28.8 Å². The number of amides is 1. The fourth-order valence-corrected chi connectivity index (χ4v) is 3.56. The highest BCUT2D eigenvalue weighted by molar-refractivity contribution is 6.06. The largest absolute Gasteiger partial charge is 0.336 e. The first-order valence-corrected chi connectivity index (χ1v) is 8.69. The summed E-state index contributed by atoms with van der Waals surface area (Å²) in [7, 11) is 1.88. The summed E-state index contributed by atoms with van der Waals surface area (Å²) in [5.74, 6) is 0.763. The van der Waals surface area contributed by atoms with Crippen LogP contribution in [0.1, 0.15) is 35.6 Å². The second kappa shape index (κ2) is 6.51. The lowest BCUT2D eigenvalue weighted by Gasteiger charge is -2.35. The molecule has 1 amide bonds. The first kappa shape index (κ1) is 16.9. The Morgan fingerprint density at radius 3 is 2.50 bits per heavy atom. The fourth-order valence-electron chi connectivity index (χ4n) is 3.56. The van der Waals surface area contributed by atoms with Gasteiger partial charge in [-0.1, -0.05) is 13.8 Å². The van der Waals surface area contributed by atoms with Crippen LogP contribution in [-0.4, -0.2) is 63.2 Å². The minimum Gasteiger partial charge on any atom is -0.336 e. The van der Waals surface area contributed by atoms with Gasteiger partial charge in [-0.15, -0.1) is 0 Å². The Morgan fingerprint density at radius 1 is 1.21 bits per heavy atom. The maximum Gasteiger partial charge on any atom is 0.254 e. The van der Waals surface area contributed by atoms with Crippen molar-refractivity contribution in [3.05, 3.63) is 23.0 Å². The van der Waals surface area contributed by atoms with Gasteiger partial charge < -0.3 is 4.90 Å². The Balaban J connectivity index is 1.85. The molecule has 1 saturated heterocycles. The quantitative estimate of drug-likeness (QED) is 0.864. The Hall–Kier alpha value is -1.95. The van der Waals surface area contributed by atoms with Gasteiger partial charge >= 0.3 is 0 Å². The molecular weight excluding hydrogens is 302 g/mol. The van der Waals surface area contributed by atoms with Crippen LogP contribution in [0.5, 0.6) is 0 Å². The predicted octanol–water partition coefficient (Wildman–Crippen LogP) is 2.00. The van der Waals surface area contributed by atoms with Crippen LogP contribution >= 0.6 is 0 Å². The lowest BCUT2D eigenvalue weighted by Crippen LogP contribution is -2.49. The predicted molar refractivity (Wildman–Crippen MR) is 95.2 cm³/mol. The number of fused-ring (bicyclic) bond motifs is 1. The van der Waals surface area contributed by atoms with Gasteiger partial charge in [0.25, 0.3) is 5.91 Å². The van der Waals surface area contributed by atoms with Crippen LogP contribution in [0.15, 0.2) is 6.07 Å². The van der Waals surface area contributed by atoms with Gasteiger partial charge in [0, 0.05) is 45.5 Å². The average Bonchev–Trinajstić information content (AvgIpc) is 2.80. The van der Waals surface area contributed by atoms with Crippen LogP contribution in [-0.2, 0) is 7.05 Å². The summed E-state index contributed by atoms with van der Waals surface area (Å²) >= 11 is 0. The summed E-state index contributed by atoms with van der Waals surface area (Å²) in [5.41, 5.74) is 3.24. The molecule has 0 unspecified atom stereocenters. The number of carbonyl (C=O) groups excluding carboxylic acids is 1. The number of carbonyl (C=O) groups is 1. The van der Waals surface area contributed by atoms with E-state index in [1.54, 1.807) is 4.68 Å². The number of aryl methyl sites for hydroxylation is 3. The first-order chi connectivity index (χ1) is 11.4. The number of hydrogen-bond donors (Lipinski definition) is 0. The summed E-state index contributed by atoms with van der Waals surface area (Å²) in [5, 5.41) is 5.33. The van der Waals surface area contributed by atoms with E-state index in [-0.39, 0.29) is 5.91 Å². The van der Waals surface area contributed by atoms with Crippen molar-refractivity contribution in [3.63, 3.8) is 0 Å². The Kier molecular flexibility index (Phi) is 4.58. The monoisotopic (exact) mass is 329 g/mol. The zero-order chi connectivity index (χ0) is 17.4. The van der Waals surface area contributed by atoms with E-state index in [1.165, 1.54) is 0 Å². The van der Waals surface area contributed by atoms with Gasteiger partial charge in [0.2, 0.25) is 0 Å². The van der Waals surface area contributed by atoms with E-state index >= 15 is 0 Å². The summed E-state index contributed by atoms with van der Waals surface area (Å²) < 4.78 is 1.76. The Bertz CT molecular complexity index is 756. The molecule has 1 aliphatic rings. The highest BCUT2D eigenvalue weighted by Gasteiger charge is 2.25. The van der Waals surface area contributed by atoms with Crippen molar-refractivity contribution in [2.24, 2.45) is 13.0 Å². The molecule has 3 heterocycles. The number of hydrogen-bond acceptors (Lipinski definition) is 4. The van der Waals surface area contributed by atoms with E-state index < -0.39 is 0 Å². The average molecular weight is 329 g/mol. The first-order valence-electron chi connectivity index (χ1n) is 8.69. The summed E-state index contributed by atoms with van der Waals surface area (Å²) in [4.78, 5) is 22.1.